The maximum atomic E-state index is 8.81. The minimum absolute atomic E-state index is 0.00465. The number of benzene rings is 5. The predicted molar refractivity (Wildman–Crippen MR) is 534 cm³/mol. The van der Waals surface area contributed by atoms with Gasteiger partial charge in [0.05, 0.1) is 27.8 Å². The highest BCUT2D eigenvalue weighted by atomic mass is 16.4. The third-order valence-corrected chi connectivity index (χ3v) is 24.9. The van der Waals surface area contributed by atoms with Crippen molar-refractivity contribution in [2.45, 2.75) is 194 Å². The van der Waals surface area contributed by atoms with Gasteiger partial charge in [0.25, 0.3) is 0 Å². The monoisotopic (exact) mass is 1750 g/mol. The Balaban J connectivity index is 0.000000124. The summed E-state index contributed by atoms with van der Waals surface area (Å²) in [5, 5.41) is 9.67. The lowest BCUT2D eigenvalue weighted by molar-refractivity contribution is -0.660. The standard InChI is InChI=1S/C24H25N2O.C24H27N2O.2C23H25N2O.C22H23N2O/c1-15-8-13-21(26(3)14-15)22-16(2)9-10-18-19-11-12-20(17-6-4-5-7-17)25-24(19)27-23(18)22;1-15-7-12-20(26(6)14-15)21-16(2)8-10-18-19-11-9-17(13-24(3,4)5)25-23(19)27-22(18)21;1-14-7-11-18(25(6)13-14)20-15(2)8-9-16-17-10-12-19(23(3,4)5)24-22(17)26-21(16)20;1-14(2)12-17-8-10-19-18-9-7-16(4)21(22(18)26-23(19)24-17)20-11-6-15(3)13-25(20)5;1-13(2)18-10-9-17-16-8-7-15(4)20(21(16)25-22(17)23-18)19-11-6-14(3)12-24(19)5/h8-14,17H,4-7H2,1-3H3;7-12,14H,13H2,1-6H3;7-13H,1-6H3;6-11,13-14H,12H2,1-5H3;6-13H,1-5H3/q5*+1/i6D2,17D;3D3,4D3;;1D3,14D;13D. The van der Waals surface area contributed by atoms with E-state index in [1.54, 1.807) is 18.2 Å². The van der Waals surface area contributed by atoms with Crippen LogP contribution in [-0.2, 0) is 53.5 Å². The number of hydrogen-bond donors (Lipinski definition) is 0. The Morgan fingerprint density at radius 3 is 1.01 bits per heavy atom. The average molecular weight is 1750 g/mol. The number of pyridine rings is 10. The number of nitrogens with zero attached hydrogens (tertiary/aromatic N) is 10. The molecule has 0 aliphatic heterocycles. The molecule has 1 aliphatic carbocycles. The second kappa shape index (κ2) is 35.8. The molecule has 15 heteroatoms. The van der Waals surface area contributed by atoms with Gasteiger partial charge in [0.2, 0.25) is 57.0 Å². The van der Waals surface area contributed by atoms with Crippen LogP contribution in [0.5, 0.6) is 0 Å². The maximum absolute atomic E-state index is 8.81. The first-order valence-corrected chi connectivity index (χ1v) is 44.9. The van der Waals surface area contributed by atoms with Crippen LogP contribution >= 0.6 is 0 Å². The Labute approximate surface area is 789 Å². The van der Waals surface area contributed by atoms with E-state index in [9.17, 15) is 0 Å². The highest BCUT2D eigenvalue weighted by molar-refractivity contribution is 6.13. The van der Waals surface area contributed by atoms with Gasteiger partial charge in [0, 0.05) is 171 Å². The largest absolute Gasteiger partial charge is 0.437 e. The third kappa shape index (κ3) is 18.0. The van der Waals surface area contributed by atoms with Gasteiger partial charge < -0.3 is 22.1 Å². The van der Waals surface area contributed by atoms with Crippen LogP contribution < -0.4 is 22.8 Å². The lowest BCUT2D eigenvalue weighted by Gasteiger charge is -2.16. The van der Waals surface area contributed by atoms with E-state index in [1.165, 1.54) is 41.7 Å². The van der Waals surface area contributed by atoms with Crippen LogP contribution in [0.4, 0.5) is 0 Å². The van der Waals surface area contributed by atoms with Crippen LogP contribution in [0, 0.1) is 80.5 Å². The van der Waals surface area contributed by atoms with Crippen molar-refractivity contribution < 1.29 is 64.1 Å². The molecule has 1 fully saturated rings. The molecule has 664 valence electrons. The van der Waals surface area contributed by atoms with Crippen molar-refractivity contribution in [2.24, 2.45) is 46.5 Å². The number of hydrogen-bond acceptors (Lipinski definition) is 10. The van der Waals surface area contributed by atoms with Crippen LogP contribution in [-0.4, -0.2) is 24.9 Å². The lowest BCUT2D eigenvalue weighted by Crippen LogP contribution is -2.31. The summed E-state index contributed by atoms with van der Waals surface area (Å²) in [4.78, 5) is 23.2. The number of aryl methyl sites for hydroxylation is 15. The van der Waals surface area contributed by atoms with Gasteiger partial charge in [-0.2, -0.15) is 0 Å². The van der Waals surface area contributed by atoms with Gasteiger partial charge in [-0.3, -0.25) is 0 Å². The van der Waals surface area contributed by atoms with Gasteiger partial charge in [-0.15, -0.1) is 0 Å². The van der Waals surface area contributed by atoms with Crippen molar-refractivity contribution in [3.63, 3.8) is 0 Å². The number of aromatic nitrogens is 10. The summed E-state index contributed by atoms with van der Waals surface area (Å²) in [6, 6.07) is 61.1. The summed E-state index contributed by atoms with van der Waals surface area (Å²) in [6.45, 7) is 25.9. The molecule has 0 amide bonds. The molecule has 1 aliphatic rings. The van der Waals surface area contributed by atoms with E-state index in [2.05, 4.69) is 279 Å². The molecule has 15 aromatic heterocycles. The first kappa shape index (κ1) is 73.4. The fourth-order valence-electron chi connectivity index (χ4n) is 18.3. The molecule has 20 aromatic rings. The molecule has 0 spiro atoms. The SMILES string of the molecule is Cc1ccc(-c2c(C)ccc3c2oc2nc(C(C)(C)C)ccc23)[n+](C)c1.[2H]C(C)(C)c1ccc2c(n1)oc1c(-c3ccc(C)c[n+]3C)c(C)ccc12.[2H]C([2H])([2H])C(C)(Cc1ccc2c(n1)oc1c(-c3ccc(C)c[n+]3C)c(C)ccc12)C([2H])([2H])[2H].[2H]C([2H])([2H])C([2H])(C)Cc1ccc2c(n1)oc1c(-c3ccc(C)c[n+]3C)c(C)ccc12.[2H]C1([2H])CCCC1([2H])c1ccc2c(n1)oc1c(-c3ccc(C)c[n+]3C)c(C)ccc12. The van der Waals surface area contributed by atoms with Crippen LogP contribution in [0.25, 0.3) is 167 Å². The van der Waals surface area contributed by atoms with Gasteiger partial charge in [0.15, 0.2) is 58.9 Å². The molecule has 15 heterocycles. The average Bonchev–Trinajstić information content (AvgIpc) is 1.58. The summed E-state index contributed by atoms with van der Waals surface area (Å²) in [7, 11) is 10.2. The molecule has 2 unspecified atom stereocenters. The molecule has 0 radical (unpaired) electrons. The summed E-state index contributed by atoms with van der Waals surface area (Å²) >= 11 is 0. The van der Waals surface area contributed by atoms with Crippen molar-refractivity contribution in [1.82, 2.24) is 24.9 Å². The van der Waals surface area contributed by atoms with E-state index in [4.69, 9.17) is 46.3 Å². The van der Waals surface area contributed by atoms with E-state index >= 15 is 0 Å². The summed E-state index contributed by atoms with van der Waals surface area (Å²) in [6.07, 6.45) is 10.3. The zero-order valence-electron chi connectivity index (χ0n) is 93.3. The van der Waals surface area contributed by atoms with Crippen molar-refractivity contribution in [3.8, 4) is 56.3 Å². The maximum Gasteiger partial charge on any atom is 0.227 e. The van der Waals surface area contributed by atoms with E-state index in [0.29, 0.717) is 76.2 Å². The molecule has 5 aromatic carbocycles. The Morgan fingerprint density at radius 1 is 0.366 bits per heavy atom. The van der Waals surface area contributed by atoms with Gasteiger partial charge in [-0.25, -0.2) is 47.8 Å². The first-order valence-electron chi connectivity index (χ1n) is 51.9. The molecular weight excluding hydrogens is 1610 g/mol. The van der Waals surface area contributed by atoms with Gasteiger partial charge in [-0.05, 0) is 231 Å². The molecule has 2 atom stereocenters. The second-order valence-corrected chi connectivity index (χ2v) is 37.4. The van der Waals surface area contributed by atoms with Crippen molar-refractivity contribution in [1.29, 1.82) is 0 Å². The number of fused-ring (bicyclic) bond motifs is 15. The molecule has 21 rings (SSSR count). The molecule has 1 saturated carbocycles. The van der Waals surface area contributed by atoms with Gasteiger partial charge >= 0.3 is 0 Å². The Hall–Kier alpha value is -13.4. The van der Waals surface area contributed by atoms with Crippen LogP contribution in [0.2, 0.25) is 0 Å². The zero-order valence-corrected chi connectivity index (χ0v) is 79.3. The fourth-order valence-corrected chi connectivity index (χ4v) is 18.3. The second-order valence-electron chi connectivity index (χ2n) is 37.4. The molecule has 0 saturated heterocycles. The summed E-state index contributed by atoms with van der Waals surface area (Å²) < 4.78 is 154. The van der Waals surface area contributed by atoms with Crippen LogP contribution in [0.15, 0.2) is 235 Å². The van der Waals surface area contributed by atoms with Gasteiger partial charge in [0.1, 0.15) is 35.2 Å². The minimum atomic E-state index is -2.67. The first-order chi connectivity index (χ1) is 67.9. The number of furan rings is 5. The van der Waals surface area contributed by atoms with E-state index < -0.39 is 50.0 Å². The van der Waals surface area contributed by atoms with E-state index in [-0.39, 0.29) is 18.3 Å². The quantitative estimate of drug-likeness (QED) is 0.121. The topological polar surface area (TPSA) is 150 Å². The minimum Gasteiger partial charge on any atom is -0.437 e. The predicted octanol–water partition coefficient (Wildman–Crippen LogP) is 27.3. The van der Waals surface area contributed by atoms with E-state index in [1.807, 2.05) is 97.4 Å². The Kier molecular flexibility index (Phi) is 20.1. The molecule has 131 heavy (non-hydrogen) atoms. The molecule has 15 nitrogen and oxygen atoms in total. The van der Waals surface area contributed by atoms with Gasteiger partial charge in [-0.1, -0.05) is 143 Å². The normalized spacial score (nSPS) is 16.4. The Bertz CT molecular complexity index is 8340. The lowest BCUT2D eigenvalue weighted by atomic mass is 9.90. The van der Waals surface area contributed by atoms with Crippen LogP contribution in [0.3, 0.4) is 0 Å². The smallest absolute Gasteiger partial charge is 0.227 e. The molecule has 0 bridgehead atoms. The fraction of sp³-hybridized carbons (Fsp3) is 0.310. The summed E-state index contributed by atoms with van der Waals surface area (Å²) in [5.41, 5.74) is 30.0. The summed E-state index contributed by atoms with van der Waals surface area (Å²) in [5.74, 6) is -3.70. The third-order valence-electron chi connectivity index (χ3n) is 24.9. The zero-order chi connectivity index (χ0) is 105. The molecule has 0 N–H and O–H groups in total. The highest BCUT2D eigenvalue weighted by Crippen LogP contribution is 2.45. The van der Waals surface area contributed by atoms with E-state index in [0.717, 1.165) is 166 Å². The van der Waals surface area contributed by atoms with Crippen molar-refractivity contribution in [3.05, 3.63) is 297 Å². The number of rotatable bonds is 10. The Morgan fingerprint density at radius 2 is 0.679 bits per heavy atom. The van der Waals surface area contributed by atoms with Crippen molar-refractivity contribution >= 4 is 110 Å². The molecular formula is C116H125N10O5+5. The van der Waals surface area contributed by atoms with Crippen LogP contribution in [0.1, 0.15) is 210 Å². The highest BCUT2D eigenvalue weighted by Gasteiger charge is 2.30. The van der Waals surface area contributed by atoms with Crippen molar-refractivity contribution in [2.75, 3.05) is 0 Å².